The molecule has 0 saturated carbocycles. The SMILES string of the molecule is CCC1(O)C(=O)OCc2c1cc1n(c2=O)Cc2c-1nc1ccc(C)c3c1c2OCO3. The number of hydrogen-bond acceptors (Lipinski definition) is 7. The third-order valence-electron chi connectivity index (χ3n) is 6.36. The molecule has 1 N–H and O–H groups in total. The zero-order valence-corrected chi connectivity index (χ0v) is 16.4. The van der Waals surface area contributed by atoms with Crippen LogP contribution in [0.5, 0.6) is 11.5 Å². The molecule has 3 aliphatic heterocycles. The molecule has 5 heterocycles. The normalized spacial score (nSPS) is 20.7. The first-order chi connectivity index (χ1) is 14.4. The van der Waals surface area contributed by atoms with E-state index in [1.54, 1.807) is 17.6 Å². The van der Waals surface area contributed by atoms with Crippen LogP contribution in [0.3, 0.4) is 0 Å². The third kappa shape index (κ3) is 1.96. The zero-order valence-electron chi connectivity index (χ0n) is 16.4. The van der Waals surface area contributed by atoms with Crippen molar-refractivity contribution >= 4 is 16.9 Å². The van der Waals surface area contributed by atoms with Crippen molar-refractivity contribution in [2.75, 3.05) is 6.79 Å². The van der Waals surface area contributed by atoms with Gasteiger partial charge in [0.15, 0.2) is 5.60 Å². The molecule has 3 aromatic rings. The minimum absolute atomic E-state index is 0.0864. The van der Waals surface area contributed by atoms with E-state index in [-0.39, 0.29) is 25.4 Å². The Kier molecular flexibility index (Phi) is 3.26. The second-order valence-corrected chi connectivity index (χ2v) is 7.88. The number of aromatic nitrogens is 2. The lowest BCUT2D eigenvalue weighted by Crippen LogP contribution is -2.44. The highest BCUT2D eigenvalue weighted by molar-refractivity contribution is 5.97. The van der Waals surface area contributed by atoms with Crippen LogP contribution in [0.15, 0.2) is 23.0 Å². The van der Waals surface area contributed by atoms with Crippen LogP contribution in [0, 0.1) is 6.92 Å². The molecule has 8 heteroatoms. The minimum atomic E-state index is -1.84. The smallest absolute Gasteiger partial charge is 0.343 e. The summed E-state index contributed by atoms with van der Waals surface area (Å²) in [7, 11) is 0. The van der Waals surface area contributed by atoms with Crippen LogP contribution in [-0.2, 0) is 28.3 Å². The molecule has 0 aliphatic carbocycles. The van der Waals surface area contributed by atoms with E-state index >= 15 is 0 Å². The van der Waals surface area contributed by atoms with Crippen molar-refractivity contribution in [3.8, 4) is 22.9 Å². The topological polar surface area (TPSA) is 99.9 Å². The van der Waals surface area contributed by atoms with Gasteiger partial charge in [0.05, 0.1) is 34.4 Å². The number of hydrogen-bond donors (Lipinski definition) is 1. The van der Waals surface area contributed by atoms with Gasteiger partial charge in [0.25, 0.3) is 5.56 Å². The average molecular weight is 406 g/mol. The molecule has 0 spiro atoms. The number of rotatable bonds is 1. The Labute approximate surface area is 170 Å². The number of cyclic esters (lactones) is 1. The van der Waals surface area contributed by atoms with Crippen LogP contribution in [0.4, 0.5) is 0 Å². The number of nitrogens with zero attached hydrogens (tertiary/aromatic N) is 2. The molecule has 1 unspecified atom stereocenters. The molecule has 0 saturated heterocycles. The van der Waals surface area contributed by atoms with Crippen molar-refractivity contribution in [3.05, 3.63) is 50.8 Å². The predicted molar refractivity (Wildman–Crippen MR) is 105 cm³/mol. The van der Waals surface area contributed by atoms with Gasteiger partial charge in [-0.2, -0.15) is 0 Å². The number of aliphatic hydroxyl groups is 1. The van der Waals surface area contributed by atoms with Crippen LogP contribution in [-0.4, -0.2) is 27.4 Å². The van der Waals surface area contributed by atoms with Gasteiger partial charge >= 0.3 is 5.97 Å². The monoisotopic (exact) mass is 406 g/mol. The van der Waals surface area contributed by atoms with Gasteiger partial charge in [0.1, 0.15) is 18.1 Å². The van der Waals surface area contributed by atoms with Gasteiger partial charge < -0.3 is 23.9 Å². The highest BCUT2D eigenvalue weighted by Gasteiger charge is 2.45. The maximum Gasteiger partial charge on any atom is 0.343 e. The van der Waals surface area contributed by atoms with Crippen molar-refractivity contribution in [2.45, 2.75) is 39.0 Å². The first kappa shape index (κ1) is 17.5. The van der Waals surface area contributed by atoms with Gasteiger partial charge in [-0.05, 0) is 31.0 Å². The zero-order chi connectivity index (χ0) is 20.8. The number of fused-ring (bicyclic) bond motifs is 5. The van der Waals surface area contributed by atoms with Gasteiger partial charge in [-0.25, -0.2) is 9.78 Å². The summed E-state index contributed by atoms with van der Waals surface area (Å²) >= 11 is 0. The molecule has 6 rings (SSSR count). The first-order valence-electron chi connectivity index (χ1n) is 9.83. The van der Waals surface area contributed by atoms with Crippen molar-refractivity contribution in [1.29, 1.82) is 0 Å². The Morgan fingerprint density at radius 2 is 1.97 bits per heavy atom. The highest BCUT2D eigenvalue weighted by atomic mass is 16.7. The van der Waals surface area contributed by atoms with Gasteiger partial charge in [-0.3, -0.25) is 4.79 Å². The van der Waals surface area contributed by atoms with E-state index < -0.39 is 11.6 Å². The minimum Gasteiger partial charge on any atom is -0.458 e. The Morgan fingerprint density at radius 1 is 1.17 bits per heavy atom. The number of esters is 1. The highest BCUT2D eigenvalue weighted by Crippen LogP contribution is 2.47. The molecule has 0 amide bonds. The maximum atomic E-state index is 13.3. The van der Waals surface area contributed by atoms with Crippen molar-refractivity contribution in [2.24, 2.45) is 0 Å². The Morgan fingerprint density at radius 3 is 2.77 bits per heavy atom. The summed E-state index contributed by atoms with van der Waals surface area (Å²) in [5.41, 5.74) is 2.13. The Hall–Kier alpha value is -3.39. The maximum absolute atomic E-state index is 13.3. The molecular weight excluding hydrogens is 388 g/mol. The van der Waals surface area contributed by atoms with Gasteiger partial charge in [0.2, 0.25) is 6.79 Å². The van der Waals surface area contributed by atoms with Crippen molar-refractivity contribution in [1.82, 2.24) is 9.55 Å². The van der Waals surface area contributed by atoms with E-state index in [0.717, 1.165) is 22.3 Å². The Bertz CT molecular complexity index is 1360. The van der Waals surface area contributed by atoms with E-state index in [2.05, 4.69) is 0 Å². The number of carbonyl (C=O) groups excluding carboxylic acids is 1. The quantitative estimate of drug-likeness (QED) is 0.483. The fraction of sp³-hybridized carbons (Fsp3) is 0.318. The third-order valence-corrected chi connectivity index (χ3v) is 6.36. The molecule has 2 aromatic heterocycles. The molecule has 0 fully saturated rings. The van der Waals surface area contributed by atoms with E-state index in [9.17, 15) is 14.7 Å². The number of benzene rings is 1. The Balaban J connectivity index is 1.68. The number of ether oxygens (including phenoxy) is 3. The molecular formula is C22H18N2O6. The average Bonchev–Trinajstić information content (AvgIpc) is 3.13. The number of carbonyl (C=O) groups is 1. The van der Waals surface area contributed by atoms with Crippen molar-refractivity contribution < 1.29 is 24.1 Å². The fourth-order valence-corrected chi connectivity index (χ4v) is 4.70. The lowest BCUT2D eigenvalue weighted by molar-refractivity contribution is -0.172. The van der Waals surface area contributed by atoms with Gasteiger partial charge in [0, 0.05) is 11.1 Å². The molecule has 1 atom stereocenters. The summed E-state index contributed by atoms with van der Waals surface area (Å²) in [5, 5.41) is 11.8. The number of pyridine rings is 2. The summed E-state index contributed by atoms with van der Waals surface area (Å²) in [4.78, 5) is 30.4. The summed E-state index contributed by atoms with van der Waals surface area (Å²) < 4.78 is 18.3. The molecule has 8 nitrogen and oxygen atoms in total. The van der Waals surface area contributed by atoms with Crippen LogP contribution >= 0.6 is 0 Å². The molecule has 3 aliphatic rings. The van der Waals surface area contributed by atoms with E-state index in [1.165, 1.54) is 0 Å². The van der Waals surface area contributed by atoms with Gasteiger partial charge in [-0.1, -0.05) is 13.0 Å². The predicted octanol–water partition coefficient (Wildman–Crippen LogP) is 2.12. The van der Waals surface area contributed by atoms with E-state index in [0.29, 0.717) is 40.3 Å². The molecule has 0 radical (unpaired) electrons. The largest absolute Gasteiger partial charge is 0.458 e. The summed E-state index contributed by atoms with van der Waals surface area (Å²) in [6.45, 7) is 3.88. The summed E-state index contributed by atoms with van der Waals surface area (Å²) in [5.74, 6) is 0.673. The second kappa shape index (κ2) is 5.60. The first-order valence-corrected chi connectivity index (χ1v) is 9.83. The molecule has 30 heavy (non-hydrogen) atoms. The van der Waals surface area contributed by atoms with Crippen LogP contribution in [0.1, 0.15) is 35.6 Å². The van der Waals surface area contributed by atoms with Gasteiger partial charge in [-0.15, -0.1) is 0 Å². The van der Waals surface area contributed by atoms with Crippen molar-refractivity contribution in [3.63, 3.8) is 0 Å². The summed E-state index contributed by atoms with van der Waals surface area (Å²) in [6, 6.07) is 5.54. The van der Waals surface area contributed by atoms with E-state index in [1.807, 2.05) is 19.1 Å². The lowest BCUT2D eigenvalue weighted by Gasteiger charge is -2.31. The molecule has 0 bridgehead atoms. The lowest BCUT2D eigenvalue weighted by atomic mass is 9.86. The summed E-state index contributed by atoms with van der Waals surface area (Å²) in [6.07, 6.45) is 0.105. The van der Waals surface area contributed by atoms with Crippen LogP contribution in [0.2, 0.25) is 0 Å². The standard InChI is InChI=1S/C22H18N2O6/c1-3-22(27)13-6-15-17-11(7-24(15)20(25)12(13)8-28-21(22)26)19-16-14(23-17)5-4-10(2)18(16)29-9-30-19/h4-6,27H,3,7-9H2,1-2H3. The molecule has 1 aromatic carbocycles. The molecule has 152 valence electrons. The van der Waals surface area contributed by atoms with E-state index in [4.69, 9.17) is 19.2 Å². The van der Waals surface area contributed by atoms with Crippen LogP contribution in [0.25, 0.3) is 22.3 Å². The fourth-order valence-electron chi connectivity index (χ4n) is 4.70. The number of aryl methyl sites for hydroxylation is 1. The second-order valence-electron chi connectivity index (χ2n) is 7.88. The van der Waals surface area contributed by atoms with Crippen LogP contribution < -0.4 is 15.0 Å².